The van der Waals surface area contributed by atoms with E-state index in [0.29, 0.717) is 31.5 Å². The van der Waals surface area contributed by atoms with Crippen molar-refractivity contribution in [1.82, 2.24) is 9.55 Å². The van der Waals surface area contributed by atoms with E-state index >= 15 is 0 Å². The largest absolute Gasteiger partial charge is 0.481 e. The molecule has 0 bridgehead atoms. The Bertz CT molecular complexity index is 1950. The lowest BCUT2D eigenvalue weighted by Gasteiger charge is -2.21. The van der Waals surface area contributed by atoms with Crippen molar-refractivity contribution in [2.75, 3.05) is 25.6 Å². The maximum atomic E-state index is 12.9. The molecule has 2 aliphatic rings. The Hall–Kier alpha value is -3.06. The van der Waals surface area contributed by atoms with Gasteiger partial charge >= 0.3 is 33.3 Å². The molecule has 0 spiro atoms. The number of nitrogens with two attached hydrogens (primary N) is 1. The lowest BCUT2D eigenvalue weighted by molar-refractivity contribution is -0.161. The van der Waals surface area contributed by atoms with Crippen LogP contribution in [0.1, 0.15) is 194 Å². The number of allylic oxidation sites excluding steroid dienone is 5. The second-order valence-electron chi connectivity index (χ2n) is 19.6. The zero-order chi connectivity index (χ0) is 53.3. The number of phosphoric acid groups is 2. The molecule has 73 heavy (non-hydrogen) atoms. The van der Waals surface area contributed by atoms with Crippen molar-refractivity contribution in [2.45, 2.75) is 231 Å². The highest BCUT2D eigenvalue weighted by atomic mass is 31.3. The number of aliphatic hydroxyl groups is 2. The summed E-state index contributed by atoms with van der Waals surface area (Å²) in [6, 6.07) is 1.25. The summed E-state index contributed by atoms with van der Waals surface area (Å²) < 4.78 is 62.6. The summed E-state index contributed by atoms with van der Waals surface area (Å²) in [5.41, 5.74) is 4.59. The normalized spacial score (nSPS) is 22.1. The van der Waals surface area contributed by atoms with Crippen molar-refractivity contribution >= 4 is 33.4 Å². The average Bonchev–Trinajstić information content (AvgIpc) is 4.03. The second-order valence-corrected chi connectivity index (χ2v) is 22.6. The molecule has 0 radical (unpaired) electrons. The van der Waals surface area contributed by atoms with Crippen LogP contribution in [0.15, 0.2) is 53.5 Å². The first kappa shape index (κ1) is 64.2. The molecule has 3 heterocycles. The number of hydrogen-bond acceptors (Lipinski definition) is 16. The van der Waals surface area contributed by atoms with Crippen LogP contribution in [0, 0.1) is 5.92 Å². The van der Waals surface area contributed by atoms with E-state index in [0.717, 1.165) is 68.0 Å². The number of aromatic nitrogens is 2. The van der Waals surface area contributed by atoms with Crippen LogP contribution in [0.25, 0.3) is 0 Å². The van der Waals surface area contributed by atoms with Crippen molar-refractivity contribution < 1.29 is 71.0 Å². The van der Waals surface area contributed by atoms with Crippen LogP contribution in [0.2, 0.25) is 0 Å². The third-order valence-corrected chi connectivity index (χ3v) is 15.2. The number of nitrogen functional groups attached to an aromatic ring is 1. The zero-order valence-corrected chi connectivity index (χ0v) is 45.6. The minimum Gasteiger partial charge on any atom is -0.462 e. The van der Waals surface area contributed by atoms with Gasteiger partial charge < -0.3 is 44.7 Å². The summed E-state index contributed by atoms with van der Waals surface area (Å²) in [6.07, 6.45) is 32.6. The minimum absolute atomic E-state index is 0.0384. The molecule has 2 aliphatic heterocycles. The predicted molar refractivity (Wildman–Crippen MR) is 279 cm³/mol. The molecule has 2 fully saturated rings. The van der Waals surface area contributed by atoms with E-state index in [-0.39, 0.29) is 18.7 Å². The van der Waals surface area contributed by atoms with Gasteiger partial charge in [0.05, 0.1) is 25.4 Å². The molecule has 1 aromatic heterocycles. The number of unbranched alkanes of at least 4 members (excludes halogenated alkanes) is 16. The lowest BCUT2D eigenvalue weighted by Crippen LogP contribution is -2.36. The Morgan fingerprint density at radius 1 is 0.726 bits per heavy atom. The quantitative estimate of drug-likeness (QED) is 0.0134. The second kappa shape index (κ2) is 36.8. The topological polar surface area (TPSA) is 278 Å². The van der Waals surface area contributed by atoms with Gasteiger partial charge in [0.25, 0.3) is 0 Å². The number of epoxide rings is 1. The molecular weight excluding hydrogens is 985 g/mol. The number of carbonyl (C=O) groups excluding carboxylic acids is 2. The van der Waals surface area contributed by atoms with Gasteiger partial charge in [-0.25, -0.2) is 13.9 Å². The molecule has 3 rings (SSSR count). The predicted octanol–water partition coefficient (Wildman–Crippen LogP) is 10.4. The summed E-state index contributed by atoms with van der Waals surface area (Å²) in [5.74, 6) is -0.573. The number of aliphatic hydroxyl groups excluding tert-OH is 2. The van der Waals surface area contributed by atoms with Gasteiger partial charge in [-0.1, -0.05) is 166 Å². The molecule has 9 atom stereocenters. The number of nitrogens with zero attached hydrogens (tertiary/aromatic N) is 2. The van der Waals surface area contributed by atoms with Crippen molar-refractivity contribution in [3.05, 3.63) is 59.2 Å². The molecule has 0 saturated carbocycles. The molecule has 0 amide bonds. The van der Waals surface area contributed by atoms with Crippen molar-refractivity contribution in [3.63, 3.8) is 0 Å². The van der Waals surface area contributed by atoms with Gasteiger partial charge in [0, 0.05) is 19.0 Å². The molecule has 21 heteroatoms. The number of rotatable bonds is 43. The Morgan fingerprint density at radius 3 is 1.95 bits per heavy atom. The van der Waals surface area contributed by atoms with E-state index in [1.54, 1.807) is 0 Å². The van der Waals surface area contributed by atoms with Crippen LogP contribution in [-0.4, -0.2) is 97.9 Å². The van der Waals surface area contributed by atoms with Gasteiger partial charge in [-0.2, -0.15) is 9.29 Å². The number of hydrogen-bond donors (Lipinski definition) is 5. The molecule has 0 aromatic carbocycles. The molecule has 4 unspecified atom stereocenters. The Morgan fingerprint density at radius 2 is 1.32 bits per heavy atom. The van der Waals surface area contributed by atoms with Gasteiger partial charge in [-0.3, -0.25) is 23.2 Å². The van der Waals surface area contributed by atoms with Crippen molar-refractivity contribution in [3.8, 4) is 0 Å². The van der Waals surface area contributed by atoms with E-state index in [9.17, 15) is 43.5 Å². The molecule has 2 saturated heterocycles. The SMILES string of the molecule is CCCCCC1OC1C/C=C\C/C=C\C/C=C\CCCC(=O)OC[C@H](COP(=O)(O)OP(=O)(O)OC[C@H]1O[C@@H](n2ccc(N)nc2=O)[C@H](O)[C@@H]1O)OC(=O)CCCCCCCCCCCCCCCCC(C)C. The smallest absolute Gasteiger partial charge is 0.462 e. The van der Waals surface area contributed by atoms with E-state index < -0.39 is 83.7 Å². The molecule has 0 aliphatic carbocycles. The maximum absolute atomic E-state index is 12.9. The first-order valence-corrected chi connectivity index (χ1v) is 30.0. The van der Waals surface area contributed by atoms with Crippen LogP contribution in [-0.2, 0) is 51.0 Å². The number of anilines is 1. The average molecular weight is 1070 g/mol. The minimum atomic E-state index is -5.44. The number of phosphoric ester groups is 2. The summed E-state index contributed by atoms with van der Waals surface area (Å²) in [6.45, 7) is 4.41. The third kappa shape index (κ3) is 29.7. The van der Waals surface area contributed by atoms with Gasteiger partial charge in [-0.15, -0.1) is 0 Å². The lowest BCUT2D eigenvalue weighted by atomic mass is 10.0. The summed E-state index contributed by atoms with van der Waals surface area (Å²) in [7, 11) is -10.9. The zero-order valence-electron chi connectivity index (χ0n) is 43.8. The fraction of sp³-hybridized carbons (Fsp3) is 0.769. The highest BCUT2D eigenvalue weighted by Gasteiger charge is 2.46. The van der Waals surface area contributed by atoms with Gasteiger partial charge in [-0.05, 0) is 56.9 Å². The Kier molecular flexibility index (Phi) is 32.4. The molecule has 1 aromatic rings. The van der Waals surface area contributed by atoms with E-state index in [4.69, 9.17) is 33.7 Å². The first-order valence-electron chi connectivity index (χ1n) is 27.0. The summed E-state index contributed by atoms with van der Waals surface area (Å²) >= 11 is 0. The highest BCUT2D eigenvalue weighted by molar-refractivity contribution is 7.61. The highest BCUT2D eigenvalue weighted by Crippen LogP contribution is 2.60. The van der Waals surface area contributed by atoms with Crippen LogP contribution in [0.5, 0.6) is 0 Å². The molecular formula is C52H89N3O16P2. The first-order chi connectivity index (χ1) is 35.0. The Balaban J connectivity index is 1.39. The van der Waals surface area contributed by atoms with Gasteiger partial charge in [0.1, 0.15) is 30.7 Å². The third-order valence-electron chi connectivity index (χ3n) is 12.6. The number of esters is 2. The summed E-state index contributed by atoms with van der Waals surface area (Å²) in [4.78, 5) is 62.0. The van der Waals surface area contributed by atoms with E-state index in [1.807, 2.05) is 12.2 Å². The maximum Gasteiger partial charge on any atom is 0.481 e. The van der Waals surface area contributed by atoms with Crippen molar-refractivity contribution in [1.29, 1.82) is 0 Å². The van der Waals surface area contributed by atoms with E-state index in [1.165, 1.54) is 89.5 Å². The Labute approximate surface area is 433 Å². The molecule has 418 valence electrons. The van der Waals surface area contributed by atoms with Crippen LogP contribution < -0.4 is 11.4 Å². The number of carbonyl (C=O) groups is 2. The van der Waals surface area contributed by atoms with Gasteiger partial charge in [0.2, 0.25) is 0 Å². The molecule has 6 N–H and O–H groups in total. The van der Waals surface area contributed by atoms with Crippen molar-refractivity contribution in [2.24, 2.45) is 5.92 Å². The monoisotopic (exact) mass is 1070 g/mol. The van der Waals surface area contributed by atoms with Crippen LogP contribution in [0.3, 0.4) is 0 Å². The van der Waals surface area contributed by atoms with Crippen LogP contribution >= 0.6 is 15.6 Å². The molecule has 19 nitrogen and oxygen atoms in total. The van der Waals surface area contributed by atoms with Crippen LogP contribution in [0.4, 0.5) is 5.82 Å². The van der Waals surface area contributed by atoms with E-state index in [2.05, 4.69) is 54.4 Å². The van der Waals surface area contributed by atoms with Gasteiger partial charge in [0.15, 0.2) is 12.3 Å². The fourth-order valence-electron chi connectivity index (χ4n) is 8.29. The fourth-order valence-corrected chi connectivity index (χ4v) is 10.4. The number of ether oxygens (including phenoxy) is 4. The summed E-state index contributed by atoms with van der Waals surface area (Å²) in [5, 5.41) is 20.9. The standard InChI is InChI=1S/C52H89N3O16P2/c1-4-5-26-32-43-44(69-43)33-28-23-19-15-12-13-16-20-24-29-34-47(56)65-38-42(68-48(57)35-30-25-21-17-11-9-7-6-8-10-14-18-22-27-31-41(2)3)39-66-72(61,62)71-73(63,64)67-40-45-49(58)50(59)51(70-45)55-37-36-46(53)54-52(55)60/h12,15-16,20,23,28,36-37,41-45,49-51,58-59H,4-11,13-14,17-19,21-22,24-27,29-35,38-40H2,1-3H3,(H,61,62)(H,63,64)(H2,53,54,60)/b15-12-,20-16-,28-23-/t42-,43?,44?,45-,49-,50-,51-/m1/s1.